The van der Waals surface area contributed by atoms with Crippen molar-refractivity contribution in [2.24, 2.45) is 0 Å². The lowest BCUT2D eigenvalue weighted by atomic mass is 9.93. The van der Waals surface area contributed by atoms with Crippen molar-refractivity contribution >= 4 is 70.1 Å². The monoisotopic (exact) mass is 668 g/mol. The molecule has 2 aromatic heterocycles. The molecule has 4 heteroatoms. The fourth-order valence-corrected chi connectivity index (χ4v) is 9.06. The number of anilines is 3. The predicted octanol–water partition coefficient (Wildman–Crippen LogP) is 13.8. The van der Waals surface area contributed by atoms with Crippen LogP contribution in [0.3, 0.4) is 0 Å². The molecule has 238 valence electrons. The molecule has 11 rings (SSSR count). The summed E-state index contributed by atoms with van der Waals surface area (Å²) in [6.07, 6.45) is 0. The zero-order chi connectivity index (χ0) is 33.5. The Morgan fingerprint density at radius 2 is 1.14 bits per heavy atom. The van der Waals surface area contributed by atoms with Gasteiger partial charge in [0.25, 0.3) is 0 Å². The van der Waals surface area contributed by atoms with Gasteiger partial charge in [0.05, 0.1) is 5.69 Å². The van der Waals surface area contributed by atoms with Crippen molar-refractivity contribution in [3.05, 3.63) is 170 Å². The van der Waals surface area contributed by atoms with Gasteiger partial charge in [0.1, 0.15) is 5.69 Å². The van der Waals surface area contributed by atoms with Gasteiger partial charge in [-0.1, -0.05) is 121 Å². The minimum Gasteiger partial charge on any atom is -0.435 e. The third-order valence-electron chi connectivity index (χ3n) is 10.2. The van der Waals surface area contributed by atoms with Crippen LogP contribution in [-0.2, 0) is 0 Å². The molecule has 8 aromatic carbocycles. The normalized spacial score (nSPS) is 11.9. The molecule has 3 nitrogen and oxygen atoms in total. The molecule has 0 radical (unpaired) electrons. The van der Waals surface area contributed by atoms with E-state index in [1.165, 1.54) is 41.7 Å². The van der Waals surface area contributed by atoms with Gasteiger partial charge in [-0.2, -0.15) is 0 Å². The Hall–Kier alpha value is -6.49. The number of hydrogen-bond acceptors (Lipinski definition) is 4. The van der Waals surface area contributed by atoms with Gasteiger partial charge in [-0.3, -0.25) is 0 Å². The van der Waals surface area contributed by atoms with Crippen molar-refractivity contribution in [2.75, 3.05) is 4.90 Å². The van der Waals surface area contributed by atoms with Crippen LogP contribution in [0, 0.1) is 0 Å². The van der Waals surface area contributed by atoms with Crippen LogP contribution in [0.5, 0.6) is 0 Å². The van der Waals surface area contributed by atoms with Gasteiger partial charge < -0.3 is 9.32 Å². The van der Waals surface area contributed by atoms with Crippen molar-refractivity contribution in [1.29, 1.82) is 0 Å². The number of oxazole rings is 1. The molecule has 0 saturated carbocycles. The standard InChI is InChI=1S/C47H28N2OS/c1-3-13-29(14-4-1)30-15-11-16-31(27-30)47-48-44-43-42-36(22-12-23-38(42)46(44)50-47)34-19-7-8-21-37(34)45(43)49(32-17-5-2-6-18-32)33-25-26-41-39(28-33)35-20-9-10-24-40(35)51-41/h1-28H. The van der Waals surface area contributed by atoms with E-state index in [0.717, 1.165) is 56.3 Å². The zero-order valence-corrected chi connectivity index (χ0v) is 28.2. The second-order valence-corrected chi connectivity index (χ2v) is 14.2. The summed E-state index contributed by atoms with van der Waals surface area (Å²) in [6.45, 7) is 0. The molecule has 0 amide bonds. The van der Waals surface area contributed by atoms with Crippen LogP contribution in [0.25, 0.3) is 86.9 Å². The van der Waals surface area contributed by atoms with Crippen molar-refractivity contribution in [3.8, 4) is 45.2 Å². The first kappa shape index (κ1) is 28.4. The summed E-state index contributed by atoms with van der Waals surface area (Å²) < 4.78 is 9.40. The number of aromatic nitrogens is 1. The van der Waals surface area contributed by atoms with E-state index in [0.29, 0.717) is 5.89 Å². The molecule has 0 fully saturated rings. The number of fused-ring (bicyclic) bond motifs is 8. The lowest BCUT2D eigenvalue weighted by Gasteiger charge is -2.29. The maximum Gasteiger partial charge on any atom is 0.227 e. The van der Waals surface area contributed by atoms with Crippen LogP contribution >= 0.6 is 11.3 Å². The largest absolute Gasteiger partial charge is 0.435 e. The second-order valence-electron chi connectivity index (χ2n) is 13.1. The Labute approximate surface area is 298 Å². The highest BCUT2D eigenvalue weighted by Crippen LogP contribution is 2.57. The van der Waals surface area contributed by atoms with Crippen LogP contribution in [0.2, 0.25) is 0 Å². The summed E-state index contributed by atoms with van der Waals surface area (Å²) in [5.41, 5.74) is 9.60. The van der Waals surface area contributed by atoms with Crippen LogP contribution < -0.4 is 4.90 Å². The van der Waals surface area contributed by atoms with Crippen LogP contribution in [0.1, 0.15) is 0 Å². The molecule has 0 saturated heterocycles. The third-order valence-corrected chi connectivity index (χ3v) is 11.4. The molecular formula is C47H28N2OS. The first-order chi connectivity index (χ1) is 25.3. The minimum absolute atomic E-state index is 0.622. The lowest BCUT2D eigenvalue weighted by Crippen LogP contribution is -2.12. The van der Waals surface area contributed by atoms with Crippen LogP contribution in [-0.4, -0.2) is 4.98 Å². The Balaban J connectivity index is 1.20. The van der Waals surface area contributed by atoms with Gasteiger partial charge in [0.15, 0.2) is 5.76 Å². The zero-order valence-electron chi connectivity index (χ0n) is 27.4. The predicted molar refractivity (Wildman–Crippen MR) is 214 cm³/mol. The first-order valence-electron chi connectivity index (χ1n) is 17.2. The highest BCUT2D eigenvalue weighted by Gasteiger charge is 2.34. The SMILES string of the molecule is c1ccc(-c2cccc(-c3nc4c(o3)-c3cccc5c3c-4c(N(c3ccccc3)c3ccc4sc6ccccc6c4c3)c3ccccc35)c2)cc1. The second kappa shape index (κ2) is 11.0. The van der Waals surface area contributed by atoms with E-state index in [9.17, 15) is 0 Å². The van der Waals surface area contributed by atoms with Crippen molar-refractivity contribution in [2.45, 2.75) is 0 Å². The lowest BCUT2D eigenvalue weighted by molar-refractivity contribution is 0.590. The molecule has 1 aliphatic rings. The van der Waals surface area contributed by atoms with E-state index in [-0.39, 0.29) is 0 Å². The van der Waals surface area contributed by atoms with Gasteiger partial charge in [-0.15, -0.1) is 11.3 Å². The molecule has 10 aromatic rings. The van der Waals surface area contributed by atoms with Gasteiger partial charge in [-0.25, -0.2) is 4.98 Å². The maximum atomic E-state index is 6.82. The molecule has 0 unspecified atom stereocenters. The number of hydrogen-bond donors (Lipinski definition) is 0. The quantitative estimate of drug-likeness (QED) is 0.171. The molecule has 0 aliphatic heterocycles. The minimum atomic E-state index is 0.622. The summed E-state index contributed by atoms with van der Waals surface area (Å²) >= 11 is 1.84. The topological polar surface area (TPSA) is 29.3 Å². The van der Waals surface area contributed by atoms with E-state index in [4.69, 9.17) is 9.40 Å². The van der Waals surface area contributed by atoms with E-state index in [1.807, 2.05) is 17.4 Å². The molecule has 0 spiro atoms. The molecule has 0 bridgehead atoms. The van der Waals surface area contributed by atoms with Crippen molar-refractivity contribution in [1.82, 2.24) is 4.98 Å². The Kier molecular flexibility index (Phi) is 6.12. The summed E-state index contributed by atoms with van der Waals surface area (Å²) in [4.78, 5) is 7.79. The fourth-order valence-electron chi connectivity index (χ4n) is 7.97. The molecule has 0 atom stereocenters. The van der Waals surface area contributed by atoms with E-state index >= 15 is 0 Å². The number of rotatable bonds is 5. The Morgan fingerprint density at radius 3 is 2.00 bits per heavy atom. The van der Waals surface area contributed by atoms with Crippen molar-refractivity contribution in [3.63, 3.8) is 0 Å². The first-order valence-corrected chi connectivity index (χ1v) is 18.0. The molecule has 0 N–H and O–H groups in total. The molecular weight excluding hydrogens is 641 g/mol. The summed E-state index contributed by atoms with van der Waals surface area (Å²) in [5, 5.41) is 7.30. The molecule has 51 heavy (non-hydrogen) atoms. The van der Waals surface area contributed by atoms with Gasteiger partial charge in [0, 0.05) is 59.0 Å². The fraction of sp³-hybridized carbons (Fsp3) is 0. The number of benzene rings is 8. The highest BCUT2D eigenvalue weighted by molar-refractivity contribution is 7.25. The van der Waals surface area contributed by atoms with E-state index in [2.05, 4.69) is 169 Å². The van der Waals surface area contributed by atoms with Gasteiger partial charge in [0.2, 0.25) is 5.89 Å². The third kappa shape index (κ3) is 4.27. The smallest absolute Gasteiger partial charge is 0.227 e. The van der Waals surface area contributed by atoms with Gasteiger partial charge >= 0.3 is 0 Å². The van der Waals surface area contributed by atoms with Gasteiger partial charge in [-0.05, 0) is 70.4 Å². The van der Waals surface area contributed by atoms with Crippen molar-refractivity contribution < 1.29 is 4.42 Å². The van der Waals surface area contributed by atoms with E-state index < -0.39 is 0 Å². The number of thiophene rings is 1. The maximum absolute atomic E-state index is 6.82. The Bertz CT molecular complexity index is 2980. The van der Waals surface area contributed by atoms with E-state index in [1.54, 1.807) is 0 Å². The summed E-state index contributed by atoms with van der Waals surface area (Å²) in [7, 11) is 0. The Morgan fingerprint density at radius 1 is 0.471 bits per heavy atom. The molecule has 1 aliphatic carbocycles. The average molecular weight is 669 g/mol. The number of nitrogens with zero attached hydrogens (tertiary/aromatic N) is 2. The number of para-hydroxylation sites is 1. The molecule has 2 heterocycles. The van der Waals surface area contributed by atoms with Crippen LogP contribution in [0.4, 0.5) is 17.1 Å². The highest BCUT2D eigenvalue weighted by atomic mass is 32.1. The summed E-state index contributed by atoms with van der Waals surface area (Å²) in [5.74, 6) is 1.44. The average Bonchev–Trinajstić information content (AvgIpc) is 3.89. The summed E-state index contributed by atoms with van der Waals surface area (Å²) in [6, 6.07) is 60.6. The van der Waals surface area contributed by atoms with Crippen LogP contribution in [0.15, 0.2) is 174 Å².